The van der Waals surface area contributed by atoms with Crippen molar-refractivity contribution < 1.29 is 14.4 Å². The maximum Gasteiger partial charge on any atom is 0.278 e. The maximum atomic E-state index is 10.8. The highest BCUT2D eigenvalue weighted by atomic mass is 16.6. The van der Waals surface area contributed by atoms with Gasteiger partial charge in [0.2, 0.25) is 5.88 Å². The molecule has 0 radical (unpaired) electrons. The van der Waals surface area contributed by atoms with Gasteiger partial charge in [-0.25, -0.2) is 0 Å². The van der Waals surface area contributed by atoms with E-state index >= 15 is 0 Å². The van der Waals surface area contributed by atoms with Crippen LogP contribution in [0, 0.1) is 10.1 Å². The minimum absolute atomic E-state index is 0.0120. The Bertz CT molecular complexity index is 432. The van der Waals surface area contributed by atoms with Gasteiger partial charge >= 0.3 is 0 Å². The predicted octanol–water partition coefficient (Wildman–Crippen LogP) is 1.59. The molecule has 1 saturated heterocycles. The molecule has 1 fully saturated rings. The van der Waals surface area contributed by atoms with Crippen molar-refractivity contribution >= 4 is 11.5 Å². The quantitative estimate of drug-likeness (QED) is 0.647. The lowest BCUT2D eigenvalue weighted by atomic mass is 10.1. The van der Waals surface area contributed by atoms with Crippen molar-refractivity contribution in [3.63, 3.8) is 0 Å². The molecule has 1 aromatic heterocycles. The number of pyridine rings is 1. The molecule has 0 amide bonds. The molecule has 98 valence electrons. The van der Waals surface area contributed by atoms with Crippen molar-refractivity contribution in [2.45, 2.75) is 18.9 Å². The van der Waals surface area contributed by atoms with E-state index in [0.717, 1.165) is 12.8 Å². The molecule has 7 nitrogen and oxygen atoms in total. The molecule has 0 spiro atoms. The zero-order valence-electron chi connectivity index (χ0n) is 10.1. The monoisotopic (exact) mass is 253 g/mol. The Labute approximate surface area is 104 Å². The summed E-state index contributed by atoms with van der Waals surface area (Å²) in [6.45, 7) is 1.30. The van der Waals surface area contributed by atoms with Crippen LogP contribution in [0.2, 0.25) is 0 Å². The molecule has 0 aliphatic carbocycles. The van der Waals surface area contributed by atoms with Crippen molar-refractivity contribution in [3.8, 4) is 5.88 Å². The normalized spacial score (nSPS) is 16.3. The summed E-state index contributed by atoms with van der Waals surface area (Å²) in [6, 6.07) is 2.72. The molecule has 2 rings (SSSR count). The van der Waals surface area contributed by atoms with E-state index < -0.39 is 4.92 Å². The Morgan fingerprint density at radius 2 is 2.22 bits per heavy atom. The Morgan fingerprint density at radius 3 is 2.83 bits per heavy atom. The third-order valence-corrected chi connectivity index (χ3v) is 2.71. The third-order valence-electron chi connectivity index (χ3n) is 2.71. The summed E-state index contributed by atoms with van der Waals surface area (Å²) in [5, 5.41) is 13.6. The summed E-state index contributed by atoms with van der Waals surface area (Å²) in [5.74, 6) is 0.701. The average molecular weight is 253 g/mol. The number of hydrogen-bond acceptors (Lipinski definition) is 6. The minimum Gasteiger partial charge on any atom is -0.474 e. The molecule has 1 aliphatic rings. The van der Waals surface area contributed by atoms with Crippen molar-refractivity contribution in [1.29, 1.82) is 0 Å². The minimum atomic E-state index is -0.459. The largest absolute Gasteiger partial charge is 0.474 e. The van der Waals surface area contributed by atoms with Gasteiger partial charge in [-0.05, 0) is 0 Å². The van der Waals surface area contributed by atoms with Crippen LogP contribution in [-0.4, -0.2) is 36.3 Å². The van der Waals surface area contributed by atoms with Crippen LogP contribution < -0.4 is 10.1 Å². The van der Waals surface area contributed by atoms with E-state index in [0.29, 0.717) is 19.0 Å². The zero-order valence-corrected chi connectivity index (χ0v) is 10.1. The highest BCUT2D eigenvalue weighted by molar-refractivity contribution is 5.47. The van der Waals surface area contributed by atoms with Crippen LogP contribution in [0.1, 0.15) is 12.8 Å². The number of nitro groups is 1. The van der Waals surface area contributed by atoms with E-state index in [4.69, 9.17) is 9.47 Å². The molecule has 18 heavy (non-hydrogen) atoms. The van der Waals surface area contributed by atoms with Crippen LogP contribution >= 0.6 is 0 Å². The first kappa shape index (κ1) is 12.6. The van der Waals surface area contributed by atoms with E-state index in [-0.39, 0.29) is 17.7 Å². The van der Waals surface area contributed by atoms with Gasteiger partial charge in [0.1, 0.15) is 11.9 Å². The van der Waals surface area contributed by atoms with Gasteiger partial charge in [-0.3, -0.25) is 10.1 Å². The third kappa shape index (κ3) is 3.07. The number of anilines is 1. The van der Waals surface area contributed by atoms with E-state index in [1.807, 2.05) is 0 Å². The second-order valence-corrected chi connectivity index (χ2v) is 3.99. The van der Waals surface area contributed by atoms with Crippen LogP contribution in [0.25, 0.3) is 0 Å². The summed E-state index contributed by atoms with van der Waals surface area (Å²) in [6.07, 6.45) is 1.57. The van der Waals surface area contributed by atoms with E-state index in [9.17, 15) is 10.1 Å². The fourth-order valence-corrected chi connectivity index (χ4v) is 1.75. The Hall–Kier alpha value is -1.89. The summed E-state index contributed by atoms with van der Waals surface area (Å²) in [5.41, 5.74) is -0.0311. The van der Waals surface area contributed by atoms with Crippen molar-refractivity contribution in [2.75, 3.05) is 25.6 Å². The Balaban J connectivity index is 2.15. The summed E-state index contributed by atoms with van der Waals surface area (Å²) in [7, 11) is 1.66. The zero-order chi connectivity index (χ0) is 13.0. The lowest BCUT2D eigenvalue weighted by Gasteiger charge is -2.22. The van der Waals surface area contributed by atoms with Gasteiger partial charge in [0, 0.05) is 19.9 Å². The Kier molecular flexibility index (Phi) is 3.93. The second-order valence-electron chi connectivity index (χ2n) is 3.99. The molecule has 7 heteroatoms. The van der Waals surface area contributed by atoms with E-state index in [2.05, 4.69) is 10.3 Å². The fraction of sp³-hybridized carbons (Fsp3) is 0.545. The lowest BCUT2D eigenvalue weighted by molar-refractivity contribution is -0.384. The SMILES string of the molecule is CNc1cc([N+](=O)[O-])cc(OC2CCOCC2)n1. The molecule has 0 unspecified atom stereocenters. The molecule has 0 saturated carbocycles. The van der Waals surface area contributed by atoms with E-state index in [1.54, 1.807) is 7.05 Å². The summed E-state index contributed by atoms with van der Waals surface area (Å²) in [4.78, 5) is 14.5. The highest BCUT2D eigenvalue weighted by Gasteiger charge is 2.18. The average Bonchev–Trinajstić information content (AvgIpc) is 2.39. The number of ether oxygens (including phenoxy) is 2. The smallest absolute Gasteiger partial charge is 0.278 e. The Morgan fingerprint density at radius 1 is 1.50 bits per heavy atom. The maximum absolute atomic E-state index is 10.8. The molecule has 2 heterocycles. The number of nitrogens with zero attached hydrogens (tertiary/aromatic N) is 2. The molecule has 1 aliphatic heterocycles. The van der Waals surface area contributed by atoms with Crippen LogP contribution in [0.15, 0.2) is 12.1 Å². The van der Waals surface area contributed by atoms with Gasteiger partial charge in [-0.15, -0.1) is 0 Å². The summed E-state index contributed by atoms with van der Waals surface area (Å²) >= 11 is 0. The van der Waals surface area contributed by atoms with Gasteiger partial charge in [-0.2, -0.15) is 4.98 Å². The molecule has 0 aromatic carbocycles. The first-order chi connectivity index (χ1) is 8.69. The lowest BCUT2D eigenvalue weighted by Crippen LogP contribution is -2.26. The van der Waals surface area contributed by atoms with Crippen LogP contribution in [0.3, 0.4) is 0 Å². The number of nitrogens with one attached hydrogen (secondary N) is 1. The number of aromatic nitrogens is 1. The van der Waals surface area contributed by atoms with Crippen molar-refractivity contribution in [2.24, 2.45) is 0 Å². The second kappa shape index (κ2) is 5.63. The molecule has 1 N–H and O–H groups in total. The van der Waals surface area contributed by atoms with Gasteiger partial charge in [0.05, 0.1) is 30.3 Å². The van der Waals surface area contributed by atoms with Crippen molar-refractivity contribution in [1.82, 2.24) is 4.98 Å². The molecule has 1 aromatic rings. The predicted molar refractivity (Wildman–Crippen MR) is 64.9 cm³/mol. The van der Waals surface area contributed by atoms with Crippen LogP contribution in [0.4, 0.5) is 11.5 Å². The first-order valence-electron chi connectivity index (χ1n) is 5.77. The van der Waals surface area contributed by atoms with Gasteiger partial charge in [-0.1, -0.05) is 0 Å². The van der Waals surface area contributed by atoms with Gasteiger partial charge in [0.25, 0.3) is 5.69 Å². The van der Waals surface area contributed by atoms with Crippen molar-refractivity contribution in [3.05, 3.63) is 22.2 Å². The number of rotatable bonds is 4. The van der Waals surface area contributed by atoms with Crippen LogP contribution in [-0.2, 0) is 4.74 Å². The van der Waals surface area contributed by atoms with E-state index in [1.165, 1.54) is 12.1 Å². The van der Waals surface area contributed by atoms with Crippen LogP contribution in [0.5, 0.6) is 5.88 Å². The number of hydrogen-bond donors (Lipinski definition) is 1. The van der Waals surface area contributed by atoms with Gasteiger partial charge < -0.3 is 14.8 Å². The molecule has 0 bridgehead atoms. The topological polar surface area (TPSA) is 86.5 Å². The molecular formula is C11H15N3O4. The molecular weight excluding hydrogens is 238 g/mol. The summed E-state index contributed by atoms with van der Waals surface area (Å²) < 4.78 is 10.9. The first-order valence-corrected chi connectivity index (χ1v) is 5.77. The van der Waals surface area contributed by atoms with Gasteiger partial charge in [0.15, 0.2) is 0 Å². The standard InChI is InChI=1S/C11H15N3O4/c1-12-10-6-8(14(15)16)7-11(13-10)18-9-2-4-17-5-3-9/h6-7,9H,2-5H2,1H3,(H,12,13). The fourth-order valence-electron chi connectivity index (χ4n) is 1.75. The molecule has 0 atom stereocenters. The highest BCUT2D eigenvalue weighted by Crippen LogP contribution is 2.24.